The molecule has 3 aliphatic rings. The first-order valence-electron chi connectivity index (χ1n) is 7.18. The van der Waals surface area contributed by atoms with Gasteiger partial charge >= 0.3 is 0 Å². The van der Waals surface area contributed by atoms with Crippen molar-refractivity contribution in [3.8, 4) is 0 Å². The van der Waals surface area contributed by atoms with Gasteiger partial charge in [-0.3, -0.25) is 0 Å². The molecule has 5 atom stereocenters. The molecule has 4 rings (SSSR count). The number of hydrogen-bond acceptors (Lipinski definition) is 4. The number of likely N-dealkylation sites (N-methyl/N-ethyl adjacent to an activating group) is 1. The van der Waals surface area contributed by atoms with Gasteiger partial charge in [-0.2, -0.15) is 4.80 Å². The molecule has 0 radical (unpaired) electrons. The second-order valence-corrected chi connectivity index (χ2v) is 6.36. The van der Waals surface area contributed by atoms with Gasteiger partial charge in [-0.1, -0.05) is 0 Å². The number of hydrogen-bond donors (Lipinski definition) is 1. The monoisotopic (exact) mass is 247 g/mol. The summed E-state index contributed by atoms with van der Waals surface area (Å²) in [6, 6.07) is 0.549. The average Bonchev–Trinajstić information content (AvgIpc) is 2.71. The van der Waals surface area contributed by atoms with Gasteiger partial charge in [-0.25, -0.2) is 0 Å². The van der Waals surface area contributed by atoms with Crippen LogP contribution in [-0.4, -0.2) is 33.3 Å². The van der Waals surface area contributed by atoms with Crippen molar-refractivity contribution >= 4 is 0 Å². The molecule has 3 fully saturated rings. The van der Waals surface area contributed by atoms with Crippen LogP contribution in [0.15, 0.2) is 0 Å². The summed E-state index contributed by atoms with van der Waals surface area (Å²) in [5, 5.41) is 15.9. The fraction of sp³-hybridized carbons (Fsp3) is 0.923. The Kier molecular flexibility index (Phi) is 2.28. The van der Waals surface area contributed by atoms with Gasteiger partial charge in [0.1, 0.15) is 0 Å². The molecule has 98 valence electrons. The van der Waals surface area contributed by atoms with Crippen LogP contribution in [0.4, 0.5) is 0 Å². The van der Waals surface area contributed by atoms with Gasteiger partial charge in [-0.15, -0.1) is 10.2 Å². The summed E-state index contributed by atoms with van der Waals surface area (Å²) in [4.78, 5) is 1.56. The highest BCUT2D eigenvalue weighted by molar-refractivity contribution is 5.16. The van der Waals surface area contributed by atoms with Crippen LogP contribution in [0.3, 0.4) is 0 Å². The number of fused-ring (bicyclic) bond motifs is 5. The van der Waals surface area contributed by atoms with Crippen LogP contribution in [0, 0.1) is 29.6 Å². The van der Waals surface area contributed by atoms with Crippen molar-refractivity contribution in [3.63, 3.8) is 0 Å². The highest BCUT2D eigenvalue weighted by Gasteiger charge is 2.66. The zero-order valence-corrected chi connectivity index (χ0v) is 11.1. The Hall–Kier alpha value is -0.970. The number of tetrazole rings is 1. The first kappa shape index (κ1) is 10.9. The van der Waals surface area contributed by atoms with Gasteiger partial charge in [-0.05, 0) is 61.1 Å². The zero-order valence-electron chi connectivity index (χ0n) is 11.1. The number of nitrogens with one attached hydrogen (secondary N) is 1. The highest BCUT2D eigenvalue weighted by atomic mass is 15.6. The third kappa shape index (κ3) is 1.46. The van der Waals surface area contributed by atoms with Crippen molar-refractivity contribution < 1.29 is 0 Å². The standard InChI is InChI=1S/C13H21N5/c1-14-9(6-10-15-17-18(2)16-10)13-11-7-3-4-8(5-7)12(11)13/h7-9,11-14H,3-6H2,1-2H3. The zero-order chi connectivity index (χ0) is 12.3. The minimum atomic E-state index is 0.549. The van der Waals surface area contributed by atoms with Crippen LogP contribution in [0.25, 0.3) is 0 Å². The smallest absolute Gasteiger partial charge is 0.176 e. The minimum absolute atomic E-state index is 0.549. The molecule has 0 aromatic carbocycles. The molecule has 1 aromatic rings. The minimum Gasteiger partial charge on any atom is -0.316 e. The third-order valence-corrected chi connectivity index (χ3v) is 5.58. The molecule has 1 N–H and O–H groups in total. The molecule has 0 amide bonds. The molecular weight excluding hydrogens is 226 g/mol. The molecule has 0 saturated heterocycles. The summed E-state index contributed by atoms with van der Waals surface area (Å²) in [7, 11) is 3.91. The van der Waals surface area contributed by atoms with Crippen molar-refractivity contribution in [2.24, 2.45) is 36.6 Å². The molecule has 5 unspecified atom stereocenters. The van der Waals surface area contributed by atoms with Crippen LogP contribution in [0.1, 0.15) is 25.1 Å². The largest absolute Gasteiger partial charge is 0.316 e. The summed E-state index contributed by atoms with van der Waals surface area (Å²) >= 11 is 0. The molecule has 3 saturated carbocycles. The maximum atomic E-state index is 4.31. The maximum absolute atomic E-state index is 4.31. The normalized spacial score (nSPS) is 42.0. The molecule has 1 heterocycles. The molecule has 18 heavy (non-hydrogen) atoms. The second-order valence-electron chi connectivity index (χ2n) is 6.36. The molecular formula is C13H21N5. The molecule has 3 aliphatic carbocycles. The predicted octanol–water partition coefficient (Wildman–Crippen LogP) is 0.633. The lowest BCUT2D eigenvalue weighted by Gasteiger charge is -2.18. The van der Waals surface area contributed by atoms with E-state index < -0.39 is 0 Å². The summed E-state index contributed by atoms with van der Waals surface area (Å²) in [6.45, 7) is 0. The summed E-state index contributed by atoms with van der Waals surface area (Å²) < 4.78 is 0. The van der Waals surface area contributed by atoms with Crippen LogP contribution in [0.2, 0.25) is 0 Å². The number of nitrogens with zero attached hydrogens (tertiary/aromatic N) is 4. The lowest BCUT2D eigenvalue weighted by Crippen LogP contribution is -2.32. The predicted molar refractivity (Wildman–Crippen MR) is 66.7 cm³/mol. The second kappa shape index (κ2) is 3.76. The molecule has 1 aromatic heterocycles. The molecule has 2 bridgehead atoms. The summed E-state index contributed by atoms with van der Waals surface area (Å²) in [5.74, 6) is 5.86. The van der Waals surface area contributed by atoms with Crippen molar-refractivity contribution in [2.75, 3.05) is 7.05 Å². The topological polar surface area (TPSA) is 55.6 Å². The Bertz CT molecular complexity index is 440. The van der Waals surface area contributed by atoms with E-state index in [2.05, 4.69) is 27.8 Å². The fourth-order valence-corrected chi connectivity index (χ4v) is 4.96. The first-order chi connectivity index (χ1) is 8.78. The maximum Gasteiger partial charge on any atom is 0.176 e. The highest BCUT2D eigenvalue weighted by Crippen LogP contribution is 2.70. The third-order valence-electron chi connectivity index (χ3n) is 5.58. The van der Waals surface area contributed by atoms with Gasteiger partial charge in [0.05, 0.1) is 7.05 Å². The van der Waals surface area contributed by atoms with E-state index in [9.17, 15) is 0 Å². The van der Waals surface area contributed by atoms with Gasteiger partial charge in [0, 0.05) is 12.5 Å². The van der Waals surface area contributed by atoms with E-state index >= 15 is 0 Å². The van der Waals surface area contributed by atoms with Crippen molar-refractivity contribution in [1.82, 2.24) is 25.5 Å². The van der Waals surface area contributed by atoms with E-state index in [1.54, 1.807) is 4.80 Å². The van der Waals surface area contributed by atoms with E-state index in [0.29, 0.717) is 6.04 Å². The Morgan fingerprint density at radius 3 is 2.61 bits per heavy atom. The first-order valence-corrected chi connectivity index (χ1v) is 7.18. The van der Waals surface area contributed by atoms with Gasteiger partial charge in [0.2, 0.25) is 0 Å². The summed E-state index contributed by atoms with van der Waals surface area (Å²) in [6.07, 6.45) is 5.43. The van der Waals surface area contributed by atoms with Crippen LogP contribution >= 0.6 is 0 Å². The van der Waals surface area contributed by atoms with Crippen molar-refractivity contribution in [2.45, 2.75) is 31.7 Å². The number of aryl methyl sites for hydroxylation is 1. The Morgan fingerprint density at radius 1 is 1.33 bits per heavy atom. The fourth-order valence-electron chi connectivity index (χ4n) is 4.96. The van der Waals surface area contributed by atoms with Gasteiger partial charge in [0.15, 0.2) is 5.82 Å². The van der Waals surface area contributed by atoms with Gasteiger partial charge < -0.3 is 5.32 Å². The van der Waals surface area contributed by atoms with Crippen LogP contribution in [0.5, 0.6) is 0 Å². The average molecular weight is 247 g/mol. The van der Waals surface area contributed by atoms with E-state index in [4.69, 9.17) is 0 Å². The van der Waals surface area contributed by atoms with Gasteiger partial charge in [0.25, 0.3) is 0 Å². The summed E-state index contributed by atoms with van der Waals surface area (Å²) in [5.41, 5.74) is 0. The Morgan fingerprint density at radius 2 is 2.06 bits per heavy atom. The van der Waals surface area contributed by atoms with E-state index in [-0.39, 0.29) is 0 Å². The van der Waals surface area contributed by atoms with E-state index in [1.165, 1.54) is 19.3 Å². The van der Waals surface area contributed by atoms with E-state index in [1.807, 2.05) is 7.05 Å². The lowest BCUT2D eigenvalue weighted by molar-refractivity contribution is 0.372. The SMILES string of the molecule is CNC(Cc1nnn(C)n1)C1C2C3CCC(C3)C21. The molecule has 0 aliphatic heterocycles. The van der Waals surface area contributed by atoms with Crippen LogP contribution < -0.4 is 5.32 Å². The van der Waals surface area contributed by atoms with Crippen LogP contribution in [-0.2, 0) is 13.5 Å². The van der Waals surface area contributed by atoms with Crippen molar-refractivity contribution in [1.29, 1.82) is 0 Å². The lowest BCUT2D eigenvalue weighted by atomic mass is 9.95. The molecule has 5 nitrogen and oxygen atoms in total. The Labute approximate surface area is 107 Å². The quantitative estimate of drug-likeness (QED) is 0.848. The molecule has 0 spiro atoms. The number of aromatic nitrogens is 4. The Balaban J connectivity index is 1.47. The number of rotatable bonds is 4. The van der Waals surface area contributed by atoms with Crippen molar-refractivity contribution in [3.05, 3.63) is 5.82 Å². The van der Waals surface area contributed by atoms with E-state index in [0.717, 1.165) is 41.8 Å². The molecule has 5 heteroatoms.